The number of carbonyl (C=O) groups is 2. The molecule has 2 aromatic rings. The lowest BCUT2D eigenvalue weighted by Crippen LogP contribution is -2.52. The van der Waals surface area contributed by atoms with Crippen molar-refractivity contribution < 1.29 is 22.7 Å². The molecule has 2 amide bonds. The smallest absolute Gasteiger partial charge is 0.244 e. The zero-order chi connectivity index (χ0) is 26.3. The number of benzene rings is 2. The van der Waals surface area contributed by atoms with E-state index in [1.165, 1.54) is 23.1 Å². The topological polar surface area (TPSA) is 96.0 Å². The normalized spacial score (nSPS) is 13.0. The van der Waals surface area contributed by atoms with Crippen molar-refractivity contribution in [3.05, 3.63) is 58.1 Å². The molecule has 0 fully saturated rings. The molecule has 0 heterocycles. The molecule has 0 aliphatic carbocycles. The van der Waals surface area contributed by atoms with Gasteiger partial charge in [0, 0.05) is 12.6 Å². The third-order valence-electron chi connectivity index (χ3n) is 5.55. The van der Waals surface area contributed by atoms with E-state index in [0.717, 1.165) is 22.5 Å². The van der Waals surface area contributed by atoms with Crippen LogP contribution < -0.4 is 14.4 Å². The lowest BCUT2D eigenvalue weighted by Gasteiger charge is -2.32. The fraction of sp³-hybridized carbons (Fsp3) is 0.417. The Labute approximate surface area is 217 Å². The molecule has 2 aromatic carbocycles. The minimum Gasteiger partial charge on any atom is -0.497 e. The molecular weight excluding hydrogens is 513 g/mol. The van der Waals surface area contributed by atoms with Gasteiger partial charge in [0.15, 0.2) is 0 Å². The highest BCUT2D eigenvalue weighted by molar-refractivity contribution is 7.92. The molecule has 2 rings (SSSR count). The molecule has 0 aromatic heterocycles. The van der Waals surface area contributed by atoms with E-state index in [4.69, 9.17) is 27.9 Å². The average molecular weight is 545 g/mol. The number of ether oxygens (including phenoxy) is 1. The molecule has 0 aliphatic heterocycles. The SMILES string of the molecule is CCC(C)NC(=O)C(C)N(Cc1ccc(OC)cc1)C(=O)CN(c1ccc(Cl)c(Cl)c1)S(C)(=O)=O. The van der Waals surface area contributed by atoms with E-state index >= 15 is 0 Å². The number of nitrogens with zero attached hydrogens (tertiary/aromatic N) is 2. The number of amides is 2. The molecule has 0 saturated heterocycles. The number of halogens is 2. The molecule has 2 unspecified atom stereocenters. The Morgan fingerprint density at radius 1 is 1.06 bits per heavy atom. The number of nitrogens with one attached hydrogen (secondary N) is 1. The van der Waals surface area contributed by atoms with Gasteiger partial charge in [0.1, 0.15) is 18.3 Å². The Kier molecular flexibility index (Phi) is 10.2. The summed E-state index contributed by atoms with van der Waals surface area (Å²) in [6.07, 6.45) is 1.72. The number of sulfonamides is 1. The van der Waals surface area contributed by atoms with E-state index in [1.54, 1.807) is 38.3 Å². The Hall–Kier alpha value is -2.49. The summed E-state index contributed by atoms with van der Waals surface area (Å²) in [5.41, 5.74) is 0.944. The maximum absolute atomic E-state index is 13.5. The summed E-state index contributed by atoms with van der Waals surface area (Å²) in [6.45, 7) is 5.00. The summed E-state index contributed by atoms with van der Waals surface area (Å²) < 4.78 is 31.3. The molecule has 0 aliphatic rings. The van der Waals surface area contributed by atoms with Gasteiger partial charge in [0.05, 0.1) is 29.1 Å². The van der Waals surface area contributed by atoms with Gasteiger partial charge in [0.25, 0.3) is 0 Å². The zero-order valence-electron chi connectivity index (χ0n) is 20.4. The molecule has 8 nitrogen and oxygen atoms in total. The van der Waals surface area contributed by atoms with Crippen molar-refractivity contribution in [2.24, 2.45) is 0 Å². The van der Waals surface area contributed by atoms with Gasteiger partial charge in [-0.25, -0.2) is 8.42 Å². The van der Waals surface area contributed by atoms with Crippen LogP contribution >= 0.6 is 23.2 Å². The van der Waals surface area contributed by atoms with Gasteiger partial charge in [0.2, 0.25) is 21.8 Å². The first-order valence-corrected chi connectivity index (χ1v) is 13.6. The molecular formula is C24H31Cl2N3O5S. The number of methoxy groups -OCH3 is 1. The fourth-order valence-corrected chi connectivity index (χ4v) is 4.36. The Morgan fingerprint density at radius 2 is 1.69 bits per heavy atom. The van der Waals surface area contributed by atoms with Crippen LogP contribution in [-0.4, -0.2) is 57.1 Å². The van der Waals surface area contributed by atoms with E-state index in [2.05, 4.69) is 5.32 Å². The highest BCUT2D eigenvalue weighted by atomic mass is 35.5. The molecule has 192 valence electrons. The summed E-state index contributed by atoms with van der Waals surface area (Å²) in [4.78, 5) is 27.8. The summed E-state index contributed by atoms with van der Waals surface area (Å²) in [6, 6.07) is 10.4. The maximum Gasteiger partial charge on any atom is 0.244 e. The van der Waals surface area contributed by atoms with Crippen molar-refractivity contribution in [3.63, 3.8) is 0 Å². The van der Waals surface area contributed by atoms with Crippen LogP contribution in [0.3, 0.4) is 0 Å². The van der Waals surface area contributed by atoms with Crippen LogP contribution in [0.4, 0.5) is 5.69 Å². The van der Waals surface area contributed by atoms with E-state index < -0.39 is 28.5 Å². The van der Waals surface area contributed by atoms with Crippen molar-refractivity contribution in [2.45, 2.75) is 45.8 Å². The van der Waals surface area contributed by atoms with E-state index in [1.807, 2.05) is 13.8 Å². The number of hydrogen-bond donors (Lipinski definition) is 1. The number of anilines is 1. The molecule has 0 bridgehead atoms. The first-order chi connectivity index (χ1) is 16.4. The van der Waals surface area contributed by atoms with Gasteiger partial charge < -0.3 is 15.0 Å². The van der Waals surface area contributed by atoms with E-state index in [-0.39, 0.29) is 34.2 Å². The van der Waals surface area contributed by atoms with Crippen LogP contribution in [0.2, 0.25) is 10.0 Å². The Bertz CT molecular complexity index is 1140. The molecule has 2 atom stereocenters. The first kappa shape index (κ1) is 28.7. The van der Waals surface area contributed by atoms with Crippen LogP contribution in [0.15, 0.2) is 42.5 Å². The monoisotopic (exact) mass is 543 g/mol. The van der Waals surface area contributed by atoms with Crippen LogP contribution in [0.1, 0.15) is 32.8 Å². The number of hydrogen-bond acceptors (Lipinski definition) is 5. The quantitative estimate of drug-likeness (QED) is 0.460. The lowest BCUT2D eigenvalue weighted by atomic mass is 10.1. The standard InChI is InChI=1S/C24H31Cl2N3O5S/c1-6-16(2)27-24(31)17(3)28(14-18-7-10-20(34-4)11-8-18)23(30)15-29(35(5,32)33)19-9-12-21(25)22(26)13-19/h7-13,16-17H,6,14-15H2,1-5H3,(H,27,31). The largest absolute Gasteiger partial charge is 0.497 e. The first-order valence-electron chi connectivity index (χ1n) is 11.0. The summed E-state index contributed by atoms with van der Waals surface area (Å²) in [5, 5.41) is 3.29. The second-order valence-corrected chi connectivity index (χ2v) is 11.0. The number of carbonyl (C=O) groups excluding carboxylic acids is 2. The third-order valence-corrected chi connectivity index (χ3v) is 7.43. The predicted octanol–water partition coefficient (Wildman–Crippen LogP) is 4.10. The third kappa shape index (κ3) is 8.02. The predicted molar refractivity (Wildman–Crippen MR) is 140 cm³/mol. The molecule has 0 radical (unpaired) electrons. The average Bonchev–Trinajstić information content (AvgIpc) is 2.81. The molecule has 35 heavy (non-hydrogen) atoms. The number of rotatable bonds is 11. The van der Waals surface area contributed by atoms with Gasteiger partial charge in [-0.3, -0.25) is 13.9 Å². The minimum atomic E-state index is -3.86. The van der Waals surface area contributed by atoms with Crippen molar-refractivity contribution in [1.82, 2.24) is 10.2 Å². The zero-order valence-corrected chi connectivity index (χ0v) is 22.7. The molecule has 11 heteroatoms. The van der Waals surface area contributed by atoms with Gasteiger partial charge >= 0.3 is 0 Å². The highest BCUT2D eigenvalue weighted by Crippen LogP contribution is 2.28. The molecule has 1 N–H and O–H groups in total. The van der Waals surface area contributed by atoms with Crippen molar-refractivity contribution >= 4 is 50.7 Å². The summed E-state index contributed by atoms with van der Waals surface area (Å²) in [7, 11) is -2.31. The van der Waals surface area contributed by atoms with Crippen LogP contribution in [0.25, 0.3) is 0 Å². The summed E-state index contributed by atoms with van der Waals surface area (Å²) >= 11 is 12.1. The van der Waals surface area contributed by atoms with Gasteiger partial charge in [-0.1, -0.05) is 42.3 Å². The second kappa shape index (κ2) is 12.5. The van der Waals surface area contributed by atoms with Gasteiger partial charge in [-0.05, 0) is 56.2 Å². The fourth-order valence-electron chi connectivity index (χ4n) is 3.23. The van der Waals surface area contributed by atoms with Gasteiger partial charge in [-0.15, -0.1) is 0 Å². The van der Waals surface area contributed by atoms with Crippen LogP contribution in [0.5, 0.6) is 5.75 Å². The van der Waals surface area contributed by atoms with Crippen molar-refractivity contribution in [3.8, 4) is 5.75 Å². The molecule has 0 spiro atoms. The van der Waals surface area contributed by atoms with Gasteiger partial charge in [-0.2, -0.15) is 0 Å². The van der Waals surface area contributed by atoms with Crippen molar-refractivity contribution in [1.29, 1.82) is 0 Å². The van der Waals surface area contributed by atoms with E-state index in [0.29, 0.717) is 5.75 Å². The minimum absolute atomic E-state index is 0.0772. The Balaban J connectivity index is 2.40. The Morgan fingerprint density at radius 3 is 2.20 bits per heavy atom. The van der Waals surface area contributed by atoms with E-state index in [9.17, 15) is 18.0 Å². The lowest BCUT2D eigenvalue weighted by molar-refractivity contribution is -0.139. The van der Waals surface area contributed by atoms with Crippen LogP contribution in [0, 0.1) is 0 Å². The molecule has 0 saturated carbocycles. The summed E-state index contributed by atoms with van der Waals surface area (Å²) in [5.74, 6) is -0.233. The van der Waals surface area contributed by atoms with Crippen LogP contribution in [-0.2, 0) is 26.2 Å². The highest BCUT2D eigenvalue weighted by Gasteiger charge is 2.30. The second-order valence-electron chi connectivity index (χ2n) is 8.23. The maximum atomic E-state index is 13.5. The van der Waals surface area contributed by atoms with Crippen molar-refractivity contribution in [2.75, 3.05) is 24.2 Å².